The van der Waals surface area contributed by atoms with Gasteiger partial charge in [0.15, 0.2) is 0 Å². The molecule has 35 heavy (non-hydrogen) atoms. The van der Waals surface area contributed by atoms with Crippen LogP contribution in [-0.2, 0) is 14.1 Å². The predicted molar refractivity (Wildman–Crippen MR) is 141 cm³/mol. The molecule has 1 atom stereocenters. The van der Waals surface area contributed by atoms with E-state index in [-0.39, 0.29) is 17.3 Å². The zero-order valence-electron chi connectivity index (χ0n) is 20.2. The van der Waals surface area contributed by atoms with Gasteiger partial charge in [-0.05, 0) is 37.1 Å². The summed E-state index contributed by atoms with van der Waals surface area (Å²) in [6, 6.07) is 24.4. The molecular weight excluding hydrogens is 436 g/mol. The van der Waals surface area contributed by atoms with E-state index in [0.29, 0.717) is 10.9 Å². The van der Waals surface area contributed by atoms with Gasteiger partial charge in [-0.25, -0.2) is 4.79 Å². The Morgan fingerprint density at radius 1 is 0.800 bits per heavy atom. The van der Waals surface area contributed by atoms with Crippen molar-refractivity contribution in [2.45, 2.75) is 19.9 Å². The number of hydrogen-bond acceptors (Lipinski definition) is 3. The summed E-state index contributed by atoms with van der Waals surface area (Å²) < 4.78 is 5.00. The summed E-state index contributed by atoms with van der Waals surface area (Å²) >= 11 is 0. The monoisotopic (exact) mass is 462 g/mol. The zero-order valence-corrected chi connectivity index (χ0v) is 20.2. The second-order valence-corrected chi connectivity index (χ2v) is 9.32. The summed E-state index contributed by atoms with van der Waals surface area (Å²) in [5, 5.41) is 4.25. The van der Waals surface area contributed by atoms with Gasteiger partial charge in [0.2, 0.25) is 0 Å². The molecule has 3 aromatic carbocycles. The van der Waals surface area contributed by atoms with Crippen LogP contribution in [0.5, 0.6) is 0 Å². The number of rotatable bonds is 2. The minimum atomic E-state index is -0.339. The third-order valence-corrected chi connectivity index (χ3v) is 7.14. The summed E-state index contributed by atoms with van der Waals surface area (Å²) in [4.78, 5) is 26.9. The van der Waals surface area contributed by atoms with E-state index < -0.39 is 0 Å². The molecule has 1 aliphatic rings. The summed E-state index contributed by atoms with van der Waals surface area (Å²) in [5.41, 5.74) is 7.93. The highest BCUT2D eigenvalue weighted by molar-refractivity contribution is 5.99. The maximum absolute atomic E-state index is 13.7. The maximum atomic E-state index is 13.7. The second kappa shape index (κ2) is 7.60. The minimum Gasteiger partial charge on any atom is -0.371 e. The van der Waals surface area contributed by atoms with Gasteiger partial charge in [-0.1, -0.05) is 66.2 Å². The normalized spacial score (nSPS) is 14.5. The lowest BCUT2D eigenvalue weighted by Gasteiger charge is -2.31. The number of para-hydroxylation sites is 2. The molecule has 174 valence electrons. The van der Waals surface area contributed by atoms with E-state index in [1.165, 1.54) is 10.1 Å². The summed E-state index contributed by atoms with van der Waals surface area (Å²) in [6.07, 6.45) is 0. The maximum Gasteiger partial charge on any atom is 0.331 e. The highest BCUT2D eigenvalue weighted by atomic mass is 16.2. The van der Waals surface area contributed by atoms with Crippen LogP contribution in [0.2, 0.25) is 0 Å². The van der Waals surface area contributed by atoms with Crippen molar-refractivity contribution >= 4 is 16.6 Å². The number of fused-ring (bicyclic) bond motifs is 5. The first-order valence-corrected chi connectivity index (χ1v) is 11.7. The van der Waals surface area contributed by atoms with Crippen molar-refractivity contribution in [2.24, 2.45) is 14.1 Å². The Kier molecular flexibility index (Phi) is 4.61. The Labute approximate surface area is 202 Å². The van der Waals surface area contributed by atoms with Crippen molar-refractivity contribution < 1.29 is 0 Å². The Morgan fingerprint density at radius 2 is 1.49 bits per heavy atom. The first-order chi connectivity index (χ1) is 16.9. The van der Waals surface area contributed by atoms with Crippen LogP contribution in [-0.4, -0.2) is 13.7 Å². The van der Waals surface area contributed by atoms with Gasteiger partial charge in [0.25, 0.3) is 5.56 Å². The van der Waals surface area contributed by atoms with E-state index in [9.17, 15) is 9.59 Å². The number of benzene rings is 3. The number of aromatic nitrogens is 3. The Bertz CT molecular complexity index is 1750. The third kappa shape index (κ3) is 2.96. The SMILES string of the molecule is Cc1ccc(C2Nc3ccccc3-n3c(-c4ccccc4C)c4c(=O)n(C)c(=O)n(C)c4c32)cc1. The average Bonchev–Trinajstić information content (AvgIpc) is 3.23. The van der Waals surface area contributed by atoms with E-state index in [1.807, 2.05) is 30.3 Å². The van der Waals surface area contributed by atoms with Crippen molar-refractivity contribution in [3.8, 4) is 16.9 Å². The molecule has 6 rings (SSSR count). The largest absolute Gasteiger partial charge is 0.371 e. The molecule has 1 aliphatic heterocycles. The topological polar surface area (TPSA) is 61.0 Å². The molecule has 0 saturated heterocycles. The van der Waals surface area contributed by atoms with Crippen LogP contribution in [0.3, 0.4) is 0 Å². The molecule has 0 fully saturated rings. The molecule has 3 heterocycles. The fourth-order valence-corrected chi connectivity index (χ4v) is 5.32. The van der Waals surface area contributed by atoms with Crippen LogP contribution in [0.4, 0.5) is 5.69 Å². The van der Waals surface area contributed by atoms with Crippen LogP contribution in [0, 0.1) is 13.8 Å². The standard InChI is InChI=1S/C29H26N4O2/c1-17-13-15-19(16-14-17)24-27-26-23(28(34)32(4)29(35)31(26)3)25(20-10-6-5-9-18(20)2)33(27)22-12-8-7-11-21(22)30-24/h5-16,24,30H,1-4H3. The fraction of sp³-hybridized carbons (Fsp3) is 0.172. The molecule has 0 bridgehead atoms. The smallest absolute Gasteiger partial charge is 0.331 e. The van der Waals surface area contributed by atoms with Gasteiger partial charge in [0.1, 0.15) is 0 Å². The number of nitrogens with zero attached hydrogens (tertiary/aromatic N) is 3. The molecule has 0 saturated carbocycles. The van der Waals surface area contributed by atoms with Gasteiger partial charge in [-0.2, -0.15) is 0 Å². The van der Waals surface area contributed by atoms with Crippen molar-refractivity contribution in [2.75, 3.05) is 5.32 Å². The van der Waals surface area contributed by atoms with Gasteiger partial charge >= 0.3 is 5.69 Å². The number of nitrogens with one attached hydrogen (secondary N) is 1. The van der Waals surface area contributed by atoms with Gasteiger partial charge in [-0.3, -0.25) is 13.9 Å². The number of aryl methyl sites for hydroxylation is 3. The fourth-order valence-electron chi connectivity index (χ4n) is 5.32. The molecule has 0 radical (unpaired) electrons. The van der Waals surface area contributed by atoms with Gasteiger partial charge in [0.05, 0.1) is 39.7 Å². The highest BCUT2D eigenvalue weighted by Crippen LogP contribution is 2.45. The van der Waals surface area contributed by atoms with Gasteiger partial charge in [0, 0.05) is 19.7 Å². The van der Waals surface area contributed by atoms with E-state index >= 15 is 0 Å². The van der Waals surface area contributed by atoms with Crippen molar-refractivity contribution in [3.63, 3.8) is 0 Å². The van der Waals surface area contributed by atoms with Crippen molar-refractivity contribution in [1.29, 1.82) is 0 Å². The lowest BCUT2D eigenvalue weighted by Crippen LogP contribution is -2.37. The van der Waals surface area contributed by atoms with Crippen LogP contribution >= 0.6 is 0 Å². The molecular formula is C29H26N4O2. The number of anilines is 1. The van der Waals surface area contributed by atoms with E-state index in [2.05, 4.69) is 66.2 Å². The number of hydrogen-bond donors (Lipinski definition) is 1. The predicted octanol–water partition coefficient (Wildman–Crippen LogP) is 4.83. The molecule has 0 amide bonds. The van der Waals surface area contributed by atoms with Crippen molar-refractivity contribution in [3.05, 3.63) is 116 Å². The molecule has 2 aromatic heterocycles. The Balaban J connectivity index is 1.88. The Morgan fingerprint density at radius 3 is 2.23 bits per heavy atom. The minimum absolute atomic E-state index is 0.247. The van der Waals surface area contributed by atoms with Crippen LogP contribution in [0.25, 0.3) is 27.8 Å². The summed E-state index contributed by atoms with van der Waals surface area (Å²) in [5.74, 6) is 0. The average molecular weight is 463 g/mol. The van der Waals surface area contributed by atoms with Crippen molar-refractivity contribution in [1.82, 2.24) is 13.7 Å². The van der Waals surface area contributed by atoms with E-state index in [4.69, 9.17) is 0 Å². The van der Waals surface area contributed by atoms with Crippen LogP contribution < -0.4 is 16.6 Å². The van der Waals surface area contributed by atoms with Gasteiger partial charge in [-0.15, -0.1) is 0 Å². The zero-order chi connectivity index (χ0) is 24.4. The first-order valence-electron chi connectivity index (χ1n) is 11.7. The van der Waals surface area contributed by atoms with Gasteiger partial charge < -0.3 is 9.88 Å². The third-order valence-electron chi connectivity index (χ3n) is 7.14. The molecule has 6 heteroatoms. The second-order valence-electron chi connectivity index (χ2n) is 9.32. The molecule has 1 unspecified atom stereocenters. The van der Waals surface area contributed by atoms with E-state index in [0.717, 1.165) is 39.5 Å². The van der Waals surface area contributed by atoms with Crippen LogP contribution in [0.1, 0.15) is 28.4 Å². The van der Waals surface area contributed by atoms with Crippen LogP contribution in [0.15, 0.2) is 82.4 Å². The molecule has 0 spiro atoms. The molecule has 5 aromatic rings. The quantitative estimate of drug-likeness (QED) is 0.409. The lowest BCUT2D eigenvalue weighted by molar-refractivity contribution is 0.708. The molecule has 6 nitrogen and oxygen atoms in total. The summed E-state index contributed by atoms with van der Waals surface area (Å²) in [7, 11) is 3.30. The summed E-state index contributed by atoms with van der Waals surface area (Å²) in [6.45, 7) is 4.12. The highest BCUT2D eigenvalue weighted by Gasteiger charge is 2.34. The lowest BCUT2D eigenvalue weighted by atomic mass is 9.98. The van der Waals surface area contributed by atoms with E-state index in [1.54, 1.807) is 18.7 Å². The Hall–Kier alpha value is -4.32. The molecule has 1 N–H and O–H groups in total. The molecule has 0 aliphatic carbocycles. The first kappa shape index (κ1) is 21.2.